The molecule has 0 radical (unpaired) electrons. The Morgan fingerprint density at radius 1 is 1.17 bits per heavy atom. The smallest absolute Gasteiger partial charge is 0.416 e. The van der Waals surface area contributed by atoms with Gasteiger partial charge in [0.15, 0.2) is 0 Å². The van der Waals surface area contributed by atoms with Gasteiger partial charge < -0.3 is 9.62 Å². The Bertz CT molecular complexity index is 573. The van der Waals surface area contributed by atoms with Gasteiger partial charge in [0.2, 0.25) is 0 Å². The second kappa shape index (κ2) is 4.56. The molecule has 0 aliphatic carbocycles. The minimum absolute atomic E-state index is 0.255. The van der Waals surface area contributed by atoms with E-state index in [1.807, 2.05) is 0 Å². The molecule has 94 valence electrons. The van der Waals surface area contributed by atoms with Crippen molar-refractivity contribution in [2.24, 2.45) is 5.16 Å². The highest BCUT2D eigenvalue weighted by molar-refractivity contribution is 5.76. The van der Waals surface area contributed by atoms with Gasteiger partial charge in [0.05, 0.1) is 5.56 Å². The van der Waals surface area contributed by atoms with Crippen LogP contribution in [0.2, 0.25) is 0 Å². The Labute approximate surface area is 100 Å². The van der Waals surface area contributed by atoms with Crippen molar-refractivity contribution in [3.05, 3.63) is 47.7 Å². The van der Waals surface area contributed by atoms with Gasteiger partial charge in [-0.2, -0.15) is 13.2 Å². The summed E-state index contributed by atoms with van der Waals surface area (Å²) < 4.78 is 42.8. The lowest BCUT2D eigenvalue weighted by Crippen LogP contribution is -2.04. The molecule has 0 aliphatic rings. The molecule has 1 aromatic carbocycles. The predicted molar refractivity (Wildman–Crippen MR) is 58.5 cm³/mol. The molecule has 0 aliphatic heterocycles. The van der Waals surface area contributed by atoms with Gasteiger partial charge in [0, 0.05) is 5.56 Å². The van der Waals surface area contributed by atoms with Crippen LogP contribution in [0.5, 0.6) is 0 Å². The molecule has 1 heterocycles. The molecule has 2 aromatic rings. The zero-order valence-electron chi connectivity index (χ0n) is 8.98. The molecule has 1 N–H and O–H groups in total. The number of benzene rings is 1. The Morgan fingerprint density at radius 2 is 1.94 bits per heavy atom. The number of alkyl halides is 3. The molecular formula is C12H8F3NO2. The molecule has 18 heavy (non-hydrogen) atoms. The lowest BCUT2D eigenvalue weighted by Gasteiger charge is -2.07. The van der Waals surface area contributed by atoms with E-state index < -0.39 is 11.7 Å². The molecule has 3 nitrogen and oxygen atoms in total. The van der Waals surface area contributed by atoms with E-state index in [9.17, 15) is 13.2 Å². The quantitative estimate of drug-likeness (QED) is 0.504. The minimum atomic E-state index is -4.39. The topological polar surface area (TPSA) is 45.7 Å². The first kappa shape index (κ1) is 12.2. The van der Waals surface area contributed by atoms with Gasteiger partial charge in [0.1, 0.15) is 17.7 Å². The number of rotatable bonds is 2. The van der Waals surface area contributed by atoms with Crippen molar-refractivity contribution in [3.63, 3.8) is 0 Å². The monoisotopic (exact) mass is 255 g/mol. The van der Waals surface area contributed by atoms with E-state index in [0.717, 1.165) is 18.3 Å². The van der Waals surface area contributed by atoms with E-state index in [2.05, 4.69) is 5.16 Å². The highest BCUT2D eigenvalue weighted by Crippen LogP contribution is 2.32. The van der Waals surface area contributed by atoms with Crippen molar-refractivity contribution in [3.8, 4) is 11.3 Å². The normalized spacial score (nSPS) is 12.2. The molecule has 6 heteroatoms. The van der Waals surface area contributed by atoms with Crippen LogP contribution in [0.3, 0.4) is 0 Å². The van der Waals surface area contributed by atoms with Crippen molar-refractivity contribution < 1.29 is 22.8 Å². The maximum atomic E-state index is 12.5. The summed E-state index contributed by atoms with van der Waals surface area (Å²) in [5.74, 6) is 0.529. The first-order chi connectivity index (χ1) is 8.50. The SMILES string of the molecule is ON=Cc1ccc(-c2cccc(C(F)(F)F)c2)o1. The van der Waals surface area contributed by atoms with Crippen molar-refractivity contribution in [1.29, 1.82) is 0 Å². The Hall–Kier alpha value is -2.24. The second-order valence-corrected chi connectivity index (χ2v) is 3.53. The summed E-state index contributed by atoms with van der Waals surface area (Å²) in [5, 5.41) is 11.1. The summed E-state index contributed by atoms with van der Waals surface area (Å²) in [4.78, 5) is 0. The van der Waals surface area contributed by atoms with Crippen molar-refractivity contribution in [2.75, 3.05) is 0 Å². The zero-order valence-corrected chi connectivity index (χ0v) is 8.98. The van der Waals surface area contributed by atoms with Crippen molar-refractivity contribution >= 4 is 6.21 Å². The van der Waals surface area contributed by atoms with E-state index >= 15 is 0 Å². The lowest BCUT2D eigenvalue weighted by molar-refractivity contribution is -0.137. The third kappa shape index (κ3) is 2.53. The first-order valence-corrected chi connectivity index (χ1v) is 4.95. The molecule has 2 rings (SSSR count). The van der Waals surface area contributed by atoms with Gasteiger partial charge in [-0.1, -0.05) is 17.3 Å². The maximum absolute atomic E-state index is 12.5. The van der Waals surface area contributed by atoms with E-state index in [1.165, 1.54) is 24.3 Å². The fraction of sp³-hybridized carbons (Fsp3) is 0.0833. The predicted octanol–water partition coefficient (Wildman–Crippen LogP) is 3.77. The molecule has 0 unspecified atom stereocenters. The molecular weight excluding hydrogens is 247 g/mol. The Morgan fingerprint density at radius 3 is 2.61 bits per heavy atom. The summed E-state index contributed by atoms with van der Waals surface area (Å²) in [7, 11) is 0. The third-order valence-electron chi connectivity index (χ3n) is 2.29. The van der Waals surface area contributed by atoms with Crippen LogP contribution in [0.25, 0.3) is 11.3 Å². The van der Waals surface area contributed by atoms with Crippen LogP contribution in [0.15, 0.2) is 46.0 Å². The summed E-state index contributed by atoms with van der Waals surface area (Å²) in [6, 6.07) is 7.80. The zero-order chi connectivity index (χ0) is 13.2. The molecule has 1 aromatic heterocycles. The first-order valence-electron chi connectivity index (χ1n) is 4.95. The Balaban J connectivity index is 2.38. The van der Waals surface area contributed by atoms with Crippen molar-refractivity contribution in [1.82, 2.24) is 0 Å². The van der Waals surface area contributed by atoms with Gasteiger partial charge in [0.25, 0.3) is 0 Å². The van der Waals surface area contributed by atoms with E-state index in [4.69, 9.17) is 9.62 Å². The van der Waals surface area contributed by atoms with Crippen LogP contribution in [-0.2, 0) is 6.18 Å². The van der Waals surface area contributed by atoms with Gasteiger partial charge in [-0.15, -0.1) is 0 Å². The number of hydrogen-bond acceptors (Lipinski definition) is 3. The maximum Gasteiger partial charge on any atom is 0.416 e. The summed E-state index contributed by atoms with van der Waals surface area (Å²) in [6.45, 7) is 0. The largest absolute Gasteiger partial charge is 0.455 e. The average Bonchev–Trinajstić information content (AvgIpc) is 2.77. The summed E-state index contributed by atoms with van der Waals surface area (Å²) in [6.07, 6.45) is -3.34. The standard InChI is InChI=1S/C12H8F3NO2/c13-12(14,15)9-3-1-2-8(6-9)11-5-4-10(18-11)7-16-17/h1-7,17H. The molecule has 0 bridgehead atoms. The average molecular weight is 255 g/mol. The van der Waals surface area contributed by atoms with Gasteiger partial charge in [-0.25, -0.2) is 0 Å². The molecule has 0 atom stereocenters. The molecule has 0 saturated carbocycles. The van der Waals surface area contributed by atoms with Crippen LogP contribution < -0.4 is 0 Å². The summed E-state index contributed by atoms with van der Waals surface area (Å²) in [5.41, 5.74) is -0.434. The fourth-order valence-electron chi connectivity index (χ4n) is 1.48. The lowest BCUT2D eigenvalue weighted by atomic mass is 10.1. The highest BCUT2D eigenvalue weighted by atomic mass is 19.4. The molecule has 0 fully saturated rings. The van der Waals surface area contributed by atoms with Crippen LogP contribution in [0.1, 0.15) is 11.3 Å². The van der Waals surface area contributed by atoms with E-state index in [0.29, 0.717) is 5.56 Å². The molecule has 0 saturated heterocycles. The van der Waals surface area contributed by atoms with Crippen LogP contribution in [0.4, 0.5) is 13.2 Å². The number of hydrogen-bond donors (Lipinski definition) is 1. The number of furan rings is 1. The second-order valence-electron chi connectivity index (χ2n) is 3.53. The highest BCUT2D eigenvalue weighted by Gasteiger charge is 2.30. The van der Waals surface area contributed by atoms with Gasteiger partial charge in [-0.05, 0) is 24.3 Å². The molecule has 0 amide bonds. The van der Waals surface area contributed by atoms with Crippen LogP contribution in [0, 0.1) is 0 Å². The number of oxime groups is 1. The van der Waals surface area contributed by atoms with E-state index in [-0.39, 0.29) is 11.5 Å². The van der Waals surface area contributed by atoms with Gasteiger partial charge in [-0.3, -0.25) is 0 Å². The molecule has 0 spiro atoms. The van der Waals surface area contributed by atoms with E-state index in [1.54, 1.807) is 0 Å². The van der Waals surface area contributed by atoms with Crippen LogP contribution >= 0.6 is 0 Å². The number of nitrogens with zero attached hydrogens (tertiary/aromatic N) is 1. The minimum Gasteiger partial charge on any atom is -0.455 e. The Kier molecular flexibility index (Phi) is 3.10. The fourth-order valence-corrected chi connectivity index (χ4v) is 1.48. The van der Waals surface area contributed by atoms with Crippen LogP contribution in [-0.4, -0.2) is 11.4 Å². The number of halogens is 3. The van der Waals surface area contributed by atoms with Crippen molar-refractivity contribution in [2.45, 2.75) is 6.18 Å². The third-order valence-corrected chi connectivity index (χ3v) is 2.29. The summed E-state index contributed by atoms with van der Waals surface area (Å²) >= 11 is 0. The van der Waals surface area contributed by atoms with Gasteiger partial charge >= 0.3 is 6.18 Å².